The number of anilines is 1. The highest BCUT2D eigenvalue weighted by atomic mass is 16.2. The molecule has 1 unspecified atom stereocenters. The maximum Gasteiger partial charge on any atom is 0.322 e. The highest BCUT2D eigenvalue weighted by Gasteiger charge is 2.31. The Morgan fingerprint density at radius 3 is 2.54 bits per heavy atom. The SMILES string of the molecule is O=C1CC(N2CCN(c3cc(C4CCC4)ncn3)CC2)NC(=O)N1. The molecule has 1 aliphatic carbocycles. The molecule has 8 nitrogen and oxygen atoms in total. The second kappa shape index (κ2) is 6.35. The number of hydrogen-bond acceptors (Lipinski definition) is 6. The minimum absolute atomic E-state index is 0.204. The number of rotatable bonds is 3. The third-order valence-electron chi connectivity index (χ3n) is 5.21. The maximum absolute atomic E-state index is 11.5. The van der Waals surface area contributed by atoms with Crippen molar-refractivity contribution in [1.82, 2.24) is 25.5 Å². The molecule has 1 atom stereocenters. The average Bonchev–Trinajstić information content (AvgIpc) is 2.53. The normalized spacial score (nSPS) is 25.8. The van der Waals surface area contributed by atoms with Gasteiger partial charge in [-0.2, -0.15) is 0 Å². The lowest BCUT2D eigenvalue weighted by Crippen LogP contribution is -2.62. The molecule has 1 saturated carbocycles. The largest absolute Gasteiger partial charge is 0.354 e. The van der Waals surface area contributed by atoms with Crippen LogP contribution in [0.4, 0.5) is 10.6 Å². The minimum atomic E-state index is -0.403. The van der Waals surface area contributed by atoms with Crippen LogP contribution in [-0.4, -0.2) is 59.2 Å². The molecule has 4 rings (SSSR count). The molecule has 2 aliphatic heterocycles. The van der Waals surface area contributed by atoms with Gasteiger partial charge in [-0.05, 0) is 12.8 Å². The van der Waals surface area contributed by atoms with E-state index in [9.17, 15) is 9.59 Å². The van der Waals surface area contributed by atoms with E-state index < -0.39 is 6.03 Å². The standard InChI is InChI=1S/C16H22N6O2/c23-15-9-14(19-16(24)20-15)22-6-4-21(5-7-22)13-8-12(17-10-18-13)11-2-1-3-11/h8,10-11,14H,1-7,9H2,(H2,19,20,23,24). The van der Waals surface area contributed by atoms with Crippen LogP contribution in [0.1, 0.15) is 37.3 Å². The van der Waals surface area contributed by atoms with Crippen LogP contribution in [0.5, 0.6) is 0 Å². The van der Waals surface area contributed by atoms with Gasteiger partial charge in [0.05, 0.1) is 12.6 Å². The number of carbonyl (C=O) groups is 2. The third kappa shape index (κ3) is 3.06. The van der Waals surface area contributed by atoms with E-state index in [-0.39, 0.29) is 12.1 Å². The summed E-state index contributed by atoms with van der Waals surface area (Å²) in [5.41, 5.74) is 1.16. The molecule has 128 valence electrons. The van der Waals surface area contributed by atoms with E-state index in [0.29, 0.717) is 12.3 Å². The van der Waals surface area contributed by atoms with Crippen molar-refractivity contribution in [2.45, 2.75) is 37.8 Å². The zero-order valence-corrected chi connectivity index (χ0v) is 13.6. The predicted octanol–water partition coefficient (Wildman–Crippen LogP) is 0.422. The molecule has 2 saturated heterocycles. The number of amides is 3. The molecule has 1 aromatic heterocycles. The predicted molar refractivity (Wildman–Crippen MR) is 87.5 cm³/mol. The van der Waals surface area contributed by atoms with E-state index in [1.54, 1.807) is 6.33 Å². The number of urea groups is 1. The second-order valence-corrected chi connectivity index (χ2v) is 6.69. The fourth-order valence-corrected chi connectivity index (χ4v) is 3.54. The van der Waals surface area contributed by atoms with E-state index in [1.165, 1.54) is 19.3 Å². The van der Waals surface area contributed by atoms with Gasteiger partial charge in [-0.3, -0.25) is 15.0 Å². The van der Waals surface area contributed by atoms with Crippen molar-refractivity contribution in [2.24, 2.45) is 0 Å². The van der Waals surface area contributed by atoms with Crippen molar-refractivity contribution in [3.05, 3.63) is 18.1 Å². The smallest absolute Gasteiger partial charge is 0.322 e. The zero-order valence-electron chi connectivity index (χ0n) is 13.6. The maximum atomic E-state index is 11.5. The van der Waals surface area contributed by atoms with Crippen molar-refractivity contribution >= 4 is 17.8 Å². The molecule has 2 N–H and O–H groups in total. The Bertz CT molecular complexity index is 623. The van der Waals surface area contributed by atoms with Crippen LogP contribution in [0.2, 0.25) is 0 Å². The van der Waals surface area contributed by atoms with Gasteiger partial charge in [0, 0.05) is 43.9 Å². The monoisotopic (exact) mass is 330 g/mol. The quantitative estimate of drug-likeness (QED) is 0.835. The third-order valence-corrected chi connectivity index (χ3v) is 5.21. The average molecular weight is 330 g/mol. The van der Waals surface area contributed by atoms with Crippen LogP contribution in [0.25, 0.3) is 0 Å². The van der Waals surface area contributed by atoms with Crippen molar-refractivity contribution in [2.75, 3.05) is 31.1 Å². The van der Waals surface area contributed by atoms with Gasteiger partial charge in [0.25, 0.3) is 0 Å². The van der Waals surface area contributed by atoms with Crippen molar-refractivity contribution in [3.8, 4) is 0 Å². The van der Waals surface area contributed by atoms with E-state index >= 15 is 0 Å². The van der Waals surface area contributed by atoms with Gasteiger partial charge in [0.1, 0.15) is 12.1 Å². The lowest BCUT2D eigenvalue weighted by Gasteiger charge is -2.40. The van der Waals surface area contributed by atoms with Gasteiger partial charge in [0.15, 0.2) is 0 Å². The summed E-state index contributed by atoms with van der Waals surface area (Å²) in [5, 5.41) is 5.09. The minimum Gasteiger partial charge on any atom is -0.354 e. The Morgan fingerprint density at radius 2 is 1.88 bits per heavy atom. The molecule has 0 aromatic carbocycles. The van der Waals surface area contributed by atoms with Crippen LogP contribution >= 0.6 is 0 Å². The highest BCUT2D eigenvalue weighted by molar-refractivity contribution is 5.97. The fraction of sp³-hybridized carbons (Fsp3) is 0.625. The van der Waals surface area contributed by atoms with Crippen LogP contribution < -0.4 is 15.5 Å². The number of imide groups is 1. The van der Waals surface area contributed by atoms with E-state index in [1.807, 2.05) is 0 Å². The topological polar surface area (TPSA) is 90.5 Å². The molecular weight excluding hydrogens is 308 g/mol. The zero-order chi connectivity index (χ0) is 16.5. The molecule has 1 aromatic rings. The first-order valence-corrected chi connectivity index (χ1v) is 8.60. The summed E-state index contributed by atoms with van der Waals surface area (Å²) in [5.74, 6) is 1.37. The Morgan fingerprint density at radius 1 is 1.08 bits per heavy atom. The van der Waals surface area contributed by atoms with Gasteiger partial charge in [-0.1, -0.05) is 6.42 Å². The van der Waals surface area contributed by atoms with Crippen LogP contribution in [0.3, 0.4) is 0 Å². The summed E-state index contributed by atoms with van der Waals surface area (Å²) in [4.78, 5) is 36.2. The molecule has 0 spiro atoms. The van der Waals surface area contributed by atoms with Gasteiger partial charge >= 0.3 is 6.03 Å². The van der Waals surface area contributed by atoms with Gasteiger partial charge in [-0.15, -0.1) is 0 Å². The number of piperazine rings is 1. The number of nitrogens with one attached hydrogen (secondary N) is 2. The Balaban J connectivity index is 1.37. The number of aromatic nitrogens is 2. The first kappa shape index (κ1) is 15.3. The van der Waals surface area contributed by atoms with E-state index in [0.717, 1.165) is 37.7 Å². The van der Waals surface area contributed by atoms with Gasteiger partial charge in [-0.25, -0.2) is 14.8 Å². The number of nitrogens with zero attached hydrogens (tertiary/aromatic N) is 4. The van der Waals surface area contributed by atoms with Crippen LogP contribution in [-0.2, 0) is 4.79 Å². The van der Waals surface area contributed by atoms with E-state index in [4.69, 9.17) is 0 Å². The molecule has 3 fully saturated rings. The first-order valence-electron chi connectivity index (χ1n) is 8.60. The summed E-state index contributed by atoms with van der Waals surface area (Å²) < 4.78 is 0. The van der Waals surface area contributed by atoms with Crippen molar-refractivity contribution < 1.29 is 9.59 Å². The fourth-order valence-electron chi connectivity index (χ4n) is 3.54. The Labute approximate surface area is 140 Å². The molecule has 3 aliphatic rings. The number of carbonyl (C=O) groups excluding carboxylic acids is 2. The molecule has 24 heavy (non-hydrogen) atoms. The second-order valence-electron chi connectivity index (χ2n) is 6.69. The van der Waals surface area contributed by atoms with Gasteiger partial charge < -0.3 is 10.2 Å². The summed E-state index contributed by atoms with van der Waals surface area (Å²) in [6, 6.07) is 1.72. The Kier molecular flexibility index (Phi) is 4.05. The van der Waals surface area contributed by atoms with Crippen LogP contribution in [0, 0.1) is 0 Å². The molecule has 0 radical (unpaired) electrons. The summed E-state index contributed by atoms with van der Waals surface area (Å²) in [6.45, 7) is 3.24. The van der Waals surface area contributed by atoms with E-state index in [2.05, 4.69) is 36.5 Å². The molecule has 3 amide bonds. The lowest BCUT2D eigenvalue weighted by molar-refractivity contribution is -0.122. The van der Waals surface area contributed by atoms with Crippen LogP contribution in [0.15, 0.2) is 12.4 Å². The summed E-state index contributed by atoms with van der Waals surface area (Å²) in [7, 11) is 0. The molecular formula is C16H22N6O2. The van der Waals surface area contributed by atoms with Crippen molar-refractivity contribution in [1.29, 1.82) is 0 Å². The lowest BCUT2D eigenvalue weighted by atomic mass is 9.83. The molecule has 3 heterocycles. The summed E-state index contributed by atoms with van der Waals surface area (Å²) in [6.07, 6.45) is 5.53. The first-order chi connectivity index (χ1) is 11.7. The Hall–Kier alpha value is -2.22. The molecule has 0 bridgehead atoms. The van der Waals surface area contributed by atoms with Gasteiger partial charge in [0.2, 0.25) is 5.91 Å². The summed E-state index contributed by atoms with van der Waals surface area (Å²) >= 11 is 0. The molecule has 8 heteroatoms. The number of hydrogen-bond donors (Lipinski definition) is 2. The van der Waals surface area contributed by atoms with Crippen molar-refractivity contribution in [3.63, 3.8) is 0 Å². The highest BCUT2D eigenvalue weighted by Crippen LogP contribution is 2.35.